The Morgan fingerprint density at radius 2 is 2.22 bits per heavy atom. The Labute approximate surface area is 109 Å². The predicted octanol–water partition coefficient (Wildman–Crippen LogP) is 2.44. The Hall–Kier alpha value is -1.58. The van der Waals surface area contributed by atoms with E-state index in [9.17, 15) is 0 Å². The van der Waals surface area contributed by atoms with Gasteiger partial charge < -0.3 is 10.6 Å². The first-order valence-electron chi connectivity index (χ1n) is 6.64. The highest BCUT2D eigenvalue weighted by molar-refractivity contribution is 5.95. The highest BCUT2D eigenvalue weighted by Gasteiger charge is 2.30. The summed E-state index contributed by atoms with van der Waals surface area (Å²) >= 11 is 0. The van der Waals surface area contributed by atoms with Gasteiger partial charge in [0.05, 0.1) is 0 Å². The van der Waals surface area contributed by atoms with Crippen LogP contribution in [0.5, 0.6) is 0 Å². The fraction of sp³-hybridized carbons (Fsp3) is 0.571. The van der Waals surface area contributed by atoms with Gasteiger partial charge in [-0.1, -0.05) is 6.92 Å². The molecule has 1 fully saturated rings. The van der Waals surface area contributed by atoms with Crippen molar-refractivity contribution < 1.29 is 0 Å². The molecule has 4 heteroatoms. The van der Waals surface area contributed by atoms with Gasteiger partial charge in [0.1, 0.15) is 11.7 Å². The summed E-state index contributed by atoms with van der Waals surface area (Å²) in [6.07, 6.45) is 3.57. The third-order valence-electron chi connectivity index (χ3n) is 3.77. The maximum Gasteiger partial charge on any atom is 0.130 e. The molecule has 0 saturated carbocycles. The Morgan fingerprint density at radius 1 is 1.50 bits per heavy atom. The van der Waals surface area contributed by atoms with Gasteiger partial charge in [-0.3, -0.25) is 5.41 Å². The molecule has 2 atom stereocenters. The van der Waals surface area contributed by atoms with Gasteiger partial charge in [-0.25, -0.2) is 4.98 Å². The van der Waals surface area contributed by atoms with E-state index in [1.165, 1.54) is 12.8 Å². The van der Waals surface area contributed by atoms with Crippen LogP contribution in [0.4, 0.5) is 5.82 Å². The quantitative estimate of drug-likeness (QED) is 0.636. The normalized spacial score (nSPS) is 23.4. The van der Waals surface area contributed by atoms with E-state index in [-0.39, 0.29) is 5.84 Å². The van der Waals surface area contributed by atoms with Crippen molar-refractivity contribution in [1.82, 2.24) is 4.98 Å². The molecule has 1 aromatic rings. The lowest BCUT2D eigenvalue weighted by Gasteiger charge is -2.29. The number of hydrogen-bond acceptors (Lipinski definition) is 3. The fourth-order valence-electron chi connectivity index (χ4n) is 2.82. The van der Waals surface area contributed by atoms with Crippen LogP contribution < -0.4 is 10.6 Å². The molecule has 98 valence electrons. The molecular weight excluding hydrogens is 224 g/mol. The van der Waals surface area contributed by atoms with Crippen LogP contribution in [0.1, 0.15) is 44.4 Å². The maximum atomic E-state index is 7.58. The first-order valence-corrected chi connectivity index (χ1v) is 6.64. The molecule has 0 bridgehead atoms. The van der Waals surface area contributed by atoms with Crippen LogP contribution in [0.3, 0.4) is 0 Å². The van der Waals surface area contributed by atoms with Gasteiger partial charge in [-0.15, -0.1) is 0 Å². The van der Waals surface area contributed by atoms with Crippen LogP contribution in [0.2, 0.25) is 0 Å². The molecule has 1 aliphatic heterocycles. The van der Waals surface area contributed by atoms with E-state index in [4.69, 9.17) is 11.1 Å². The number of pyridine rings is 1. The van der Waals surface area contributed by atoms with Crippen molar-refractivity contribution in [2.45, 2.75) is 52.1 Å². The lowest BCUT2D eigenvalue weighted by atomic mass is 10.1. The van der Waals surface area contributed by atoms with Gasteiger partial charge in [0.25, 0.3) is 0 Å². The number of amidine groups is 1. The fourth-order valence-corrected chi connectivity index (χ4v) is 2.82. The van der Waals surface area contributed by atoms with E-state index in [2.05, 4.69) is 23.7 Å². The SMILES string of the molecule is CCC1CCC(C)N1c1cc(C(=N)N)cc(C)n1. The maximum absolute atomic E-state index is 7.58. The van der Waals surface area contributed by atoms with Crippen LogP contribution >= 0.6 is 0 Å². The second-order valence-electron chi connectivity index (χ2n) is 5.16. The van der Waals surface area contributed by atoms with Crippen molar-refractivity contribution in [3.63, 3.8) is 0 Å². The standard InChI is InChI=1S/C14H22N4/c1-4-12-6-5-10(3)18(12)13-8-11(14(15)16)7-9(2)17-13/h7-8,10,12H,4-6H2,1-3H3,(H3,15,16). The van der Waals surface area contributed by atoms with Gasteiger partial charge in [-0.05, 0) is 45.2 Å². The molecule has 1 aromatic heterocycles. The number of hydrogen-bond donors (Lipinski definition) is 2. The molecule has 0 aromatic carbocycles. The summed E-state index contributed by atoms with van der Waals surface area (Å²) in [5, 5.41) is 7.58. The zero-order chi connectivity index (χ0) is 13.3. The molecule has 2 rings (SSSR count). The molecule has 1 aliphatic rings. The minimum Gasteiger partial charge on any atom is -0.384 e. The first kappa shape index (κ1) is 12.9. The van der Waals surface area contributed by atoms with E-state index in [0.717, 1.165) is 23.5 Å². The molecule has 0 aliphatic carbocycles. The molecule has 18 heavy (non-hydrogen) atoms. The molecule has 0 spiro atoms. The molecule has 2 heterocycles. The minimum absolute atomic E-state index is 0.113. The minimum atomic E-state index is 0.113. The van der Waals surface area contributed by atoms with Gasteiger partial charge in [0.15, 0.2) is 0 Å². The third-order valence-corrected chi connectivity index (χ3v) is 3.77. The lowest BCUT2D eigenvalue weighted by Crippen LogP contribution is -2.35. The summed E-state index contributed by atoms with van der Waals surface area (Å²) in [6, 6.07) is 4.89. The second kappa shape index (κ2) is 4.96. The van der Waals surface area contributed by atoms with Crippen molar-refractivity contribution in [1.29, 1.82) is 5.41 Å². The predicted molar refractivity (Wildman–Crippen MR) is 75.2 cm³/mol. The molecule has 3 N–H and O–H groups in total. The number of nitrogens with one attached hydrogen (secondary N) is 1. The number of nitrogens with zero attached hydrogens (tertiary/aromatic N) is 2. The molecule has 4 nitrogen and oxygen atoms in total. The topological polar surface area (TPSA) is 66.0 Å². The number of anilines is 1. The summed E-state index contributed by atoms with van der Waals surface area (Å²) < 4.78 is 0. The Bertz CT molecular complexity index is 455. The van der Waals surface area contributed by atoms with E-state index in [1.807, 2.05) is 19.1 Å². The van der Waals surface area contributed by atoms with Crippen molar-refractivity contribution in [2.75, 3.05) is 4.90 Å². The highest BCUT2D eigenvalue weighted by Crippen LogP contribution is 2.31. The number of aryl methyl sites for hydroxylation is 1. The van der Waals surface area contributed by atoms with Crippen LogP contribution in [0, 0.1) is 12.3 Å². The van der Waals surface area contributed by atoms with Crippen molar-refractivity contribution >= 4 is 11.7 Å². The van der Waals surface area contributed by atoms with Crippen molar-refractivity contribution in [2.24, 2.45) is 5.73 Å². The van der Waals surface area contributed by atoms with Crippen LogP contribution in [0.15, 0.2) is 12.1 Å². The van der Waals surface area contributed by atoms with Gasteiger partial charge in [0.2, 0.25) is 0 Å². The molecule has 2 unspecified atom stereocenters. The number of nitrogens with two attached hydrogens (primary N) is 1. The Balaban J connectivity index is 2.40. The molecule has 1 saturated heterocycles. The third kappa shape index (κ3) is 2.33. The van der Waals surface area contributed by atoms with E-state index in [0.29, 0.717) is 12.1 Å². The van der Waals surface area contributed by atoms with Crippen LogP contribution in [-0.2, 0) is 0 Å². The van der Waals surface area contributed by atoms with Crippen LogP contribution in [-0.4, -0.2) is 22.9 Å². The van der Waals surface area contributed by atoms with Gasteiger partial charge in [0, 0.05) is 23.3 Å². The zero-order valence-electron chi connectivity index (χ0n) is 11.4. The summed E-state index contributed by atoms with van der Waals surface area (Å²) in [7, 11) is 0. The largest absolute Gasteiger partial charge is 0.384 e. The second-order valence-corrected chi connectivity index (χ2v) is 5.16. The van der Waals surface area contributed by atoms with Gasteiger partial charge in [-0.2, -0.15) is 0 Å². The highest BCUT2D eigenvalue weighted by atomic mass is 15.3. The Morgan fingerprint density at radius 3 is 2.83 bits per heavy atom. The monoisotopic (exact) mass is 246 g/mol. The summed E-state index contributed by atoms with van der Waals surface area (Å²) in [5.74, 6) is 1.08. The molecular formula is C14H22N4. The lowest BCUT2D eigenvalue weighted by molar-refractivity contribution is 0.620. The molecule has 0 radical (unpaired) electrons. The smallest absolute Gasteiger partial charge is 0.130 e. The van der Waals surface area contributed by atoms with E-state index >= 15 is 0 Å². The van der Waals surface area contributed by atoms with Gasteiger partial charge >= 0.3 is 0 Å². The number of aromatic nitrogens is 1. The van der Waals surface area contributed by atoms with Crippen LogP contribution in [0.25, 0.3) is 0 Å². The molecule has 0 amide bonds. The average Bonchev–Trinajstić information content (AvgIpc) is 2.69. The zero-order valence-corrected chi connectivity index (χ0v) is 11.4. The summed E-state index contributed by atoms with van der Waals surface area (Å²) in [5.41, 5.74) is 7.28. The van der Waals surface area contributed by atoms with E-state index in [1.54, 1.807) is 0 Å². The Kier molecular flexibility index (Phi) is 3.55. The first-order chi connectivity index (χ1) is 8.52. The average molecular weight is 246 g/mol. The van der Waals surface area contributed by atoms with Crippen molar-refractivity contribution in [3.8, 4) is 0 Å². The summed E-state index contributed by atoms with van der Waals surface area (Å²) in [4.78, 5) is 7.01. The van der Waals surface area contributed by atoms with Crippen molar-refractivity contribution in [3.05, 3.63) is 23.4 Å². The summed E-state index contributed by atoms with van der Waals surface area (Å²) in [6.45, 7) is 6.42. The van der Waals surface area contributed by atoms with E-state index < -0.39 is 0 Å². The number of rotatable bonds is 3. The number of nitrogen functional groups attached to an aromatic ring is 1.